The van der Waals surface area contributed by atoms with Gasteiger partial charge in [-0.15, -0.1) is 0 Å². The highest BCUT2D eigenvalue weighted by Crippen LogP contribution is 2.26. The lowest BCUT2D eigenvalue weighted by Crippen LogP contribution is -2.48. The summed E-state index contributed by atoms with van der Waals surface area (Å²) in [6.45, 7) is 11.0. The number of hydrogen-bond acceptors (Lipinski definition) is 5. The molecule has 6 heteroatoms. The Morgan fingerprint density at radius 3 is 2.76 bits per heavy atom. The third kappa shape index (κ3) is 3.62. The third-order valence-corrected chi connectivity index (χ3v) is 3.53. The van der Waals surface area contributed by atoms with Crippen molar-refractivity contribution in [1.29, 1.82) is 0 Å². The molecule has 0 bridgehead atoms. The summed E-state index contributed by atoms with van der Waals surface area (Å²) in [5.41, 5.74) is 1.02. The van der Waals surface area contributed by atoms with Crippen LogP contribution in [0.25, 0.3) is 0 Å². The van der Waals surface area contributed by atoms with Crippen LogP contribution in [0.4, 0.5) is 11.6 Å². The Morgan fingerprint density at radius 1 is 1.38 bits per heavy atom. The predicted octanol–water partition coefficient (Wildman–Crippen LogP) is 1.67. The van der Waals surface area contributed by atoms with Crippen LogP contribution in [0.3, 0.4) is 0 Å². The highest BCUT2D eigenvalue weighted by Gasteiger charge is 2.22. The second-order valence-corrected chi connectivity index (χ2v) is 5.73. The summed E-state index contributed by atoms with van der Waals surface area (Å²) in [5, 5.41) is 6.22. The van der Waals surface area contributed by atoms with Gasteiger partial charge in [-0.2, -0.15) is 0 Å². The van der Waals surface area contributed by atoms with Crippen molar-refractivity contribution in [2.75, 3.05) is 36.4 Å². The maximum Gasteiger partial charge on any atom is 0.239 e. The first-order valence-corrected chi connectivity index (χ1v) is 7.67. The lowest BCUT2D eigenvalue weighted by Gasteiger charge is -2.30. The van der Waals surface area contributed by atoms with Crippen molar-refractivity contribution in [3.05, 3.63) is 11.4 Å². The smallest absolute Gasteiger partial charge is 0.239 e. The predicted molar refractivity (Wildman–Crippen MR) is 84.9 cm³/mol. The molecule has 0 unspecified atom stereocenters. The van der Waals surface area contributed by atoms with Gasteiger partial charge in [0.15, 0.2) is 0 Å². The van der Waals surface area contributed by atoms with Gasteiger partial charge in [0.1, 0.15) is 17.5 Å². The number of anilines is 2. The molecule has 1 aliphatic heterocycles. The molecule has 0 aromatic carbocycles. The minimum absolute atomic E-state index is 0.0495. The maximum atomic E-state index is 11.6. The van der Waals surface area contributed by atoms with Crippen molar-refractivity contribution in [3.63, 3.8) is 0 Å². The van der Waals surface area contributed by atoms with E-state index >= 15 is 0 Å². The number of rotatable bonds is 5. The molecule has 0 spiro atoms. The van der Waals surface area contributed by atoms with Crippen LogP contribution in [-0.2, 0) is 4.79 Å². The van der Waals surface area contributed by atoms with Crippen molar-refractivity contribution in [1.82, 2.24) is 15.3 Å². The van der Waals surface area contributed by atoms with Crippen LogP contribution in [0.1, 0.15) is 44.5 Å². The molecule has 6 nitrogen and oxygen atoms in total. The van der Waals surface area contributed by atoms with E-state index in [-0.39, 0.29) is 11.8 Å². The van der Waals surface area contributed by atoms with Crippen LogP contribution in [0.2, 0.25) is 0 Å². The molecule has 1 aromatic rings. The summed E-state index contributed by atoms with van der Waals surface area (Å²) in [4.78, 5) is 23.0. The van der Waals surface area contributed by atoms with E-state index in [9.17, 15) is 4.79 Å². The quantitative estimate of drug-likeness (QED) is 0.863. The number of hydrogen-bond donors (Lipinski definition) is 2. The van der Waals surface area contributed by atoms with E-state index < -0.39 is 0 Å². The molecule has 2 heterocycles. The van der Waals surface area contributed by atoms with Gasteiger partial charge in [-0.05, 0) is 13.3 Å². The number of carbonyl (C=O) groups excluding carboxylic acids is 1. The lowest BCUT2D eigenvalue weighted by atomic mass is 10.2. The first kappa shape index (κ1) is 15.5. The van der Waals surface area contributed by atoms with Crippen LogP contribution in [-0.4, -0.2) is 42.1 Å². The molecule has 0 radical (unpaired) electrons. The molecule has 2 rings (SSSR count). The van der Waals surface area contributed by atoms with Gasteiger partial charge < -0.3 is 15.5 Å². The summed E-state index contributed by atoms with van der Waals surface area (Å²) in [6, 6.07) is 0. The molecule has 0 atom stereocenters. The molecule has 1 aromatic heterocycles. The van der Waals surface area contributed by atoms with Gasteiger partial charge in [0.2, 0.25) is 5.91 Å². The van der Waals surface area contributed by atoms with Gasteiger partial charge in [-0.1, -0.05) is 20.8 Å². The maximum absolute atomic E-state index is 11.6. The molecule has 1 amide bonds. The van der Waals surface area contributed by atoms with Crippen LogP contribution in [0.15, 0.2) is 0 Å². The van der Waals surface area contributed by atoms with Crippen molar-refractivity contribution < 1.29 is 4.79 Å². The van der Waals surface area contributed by atoms with E-state index in [2.05, 4.69) is 36.4 Å². The number of piperazine rings is 1. The standard InChI is InChI=1S/C15H25N5O/c1-5-6-17-14-11(4)15(19-13(18-14)10(2)3)20-8-7-16-12(21)9-20/h10H,5-9H2,1-4H3,(H,16,21)(H,17,18,19). The molecular formula is C15H25N5O. The highest BCUT2D eigenvalue weighted by molar-refractivity contribution is 5.82. The highest BCUT2D eigenvalue weighted by atomic mass is 16.2. The Labute approximate surface area is 126 Å². The number of nitrogens with one attached hydrogen (secondary N) is 2. The summed E-state index contributed by atoms with van der Waals surface area (Å²) in [5.74, 6) is 2.89. The van der Waals surface area contributed by atoms with Gasteiger partial charge in [0.25, 0.3) is 0 Å². The fourth-order valence-corrected chi connectivity index (χ4v) is 2.32. The zero-order valence-electron chi connectivity index (χ0n) is 13.4. The third-order valence-electron chi connectivity index (χ3n) is 3.53. The summed E-state index contributed by atoms with van der Waals surface area (Å²) >= 11 is 0. The fraction of sp³-hybridized carbons (Fsp3) is 0.667. The molecule has 21 heavy (non-hydrogen) atoms. The van der Waals surface area contributed by atoms with Gasteiger partial charge in [0, 0.05) is 31.1 Å². The zero-order valence-corrected chi connectivity index (χ0v) is 13.4. The number of carbonyl (C=O) groups is 1. The summed E-state index contributed by atoms with van der Waals surface area (Å²) < 4.78 is 0. The SMILES string of the molecule is CCCNc1nc(C(C)C)nc(N2CCNC(=O)C2)c1C. The molecule has 1 aliphatic rings. The molecule has 116 valence electrons. The normalized spacial score (nSPS) is 15.3. The van der Waals surface area contributed by atoms with Crippen molar-refractivity contribution >= 4 is 17.5 Å². The molecule has 1 fully saturated rings. The Bertz CT molecular complexity index is 515. The fourth-order valence-electron chi connectivity index (χ4n) is 2.32. The van der Waals surface area contributed by atoms with E-state index in [0.29, 0.717) is 13.1 Å². The van der Waals surface area contributed by atoms with Crippen molar-refractivity contribution in [3.8, 4) is 0 Å². The summed E-state index contributed by atoms with van der Waals surface area (Å²) in [7, 11) is 0. The van der Waals surface area contributed by atoms with Crippen LogP contribution in [0, 0.1) is 6.92 Å². The second-order valence-electron chi connectivity index (χ2n) is 5.73. The van der Waals surface area contributed by atoms with Gasteiger partial charge in [-0.3, -0.25) is 4.79 Å². The second kappa shape index (κ2) is 6.74. The zero-order chi connectivity index (χ0) is 15.4. The van der Waals surface area contributed by atoms with Gasteiger partial charge >= 0.3 is 0 Å². The average molecular weight is 291 g/mol. The molecule has 0 aliphatic carbocycles. The first-order chi connectivity index (χ1) is 10.0. The Kier molecular flexibility index (Phi) is 4.98. The summed E-state index contributed by atoms with van der Waals surface area (Å²) in [6.07, 6.45) is 1.04. The van der Waals surface area contributed by atoms with E-state index in [1.54, 1.807) is 0 Å². The van der Waals surface area contributed by atoms with Crippen LogP contribution in [0.5, 0.6) is 0 Å². The number of nitrogens with zero attached hydrogens (tertiary/aromatic N) is 3. The largest absolute Gasteiger partial charge is 0.370 e. The topological polar surface area (TPSA) is 70.2 Å². The Morgan fingerprint density at radius 2 is 2.14 bits per heavy atom. The average Bonchev–Trinajstić information content (AvgIpc) is 2.46. The van der Waals surface area contributed by atoms with E-state index in [0.717, 1.165) is 42.5 Å². The Hall–Kier alpha value is -1.85. The van der Waals surface area contributed by atoms with Crippen molar-refractivity contribution in [2.45, 2.75) is 40.0 Å². The number of amides is 1. The van der Waals surface area contributed by atoms with E-state index in [1.165, 1.54) is 0 Å². The Balaban J connectivity index is 2.37. The van der Waals surface area contributed by atoms with E-state index in [4.69, 9.17) is 4.98 Å². The monoisotopic (exact) mass is 291 g/mol. The minimum Gasteiger partial charge on any atom is -0.370 e. The van der Waals surface area contributed by atoms with E-state index in [1.807, 2.05) is 11.8 Å². The molecule has 2 N–H and O–H groups in total. The van der Waals surface area contributed by atoms with Gasteiger partial charge in [0.05, 0.1) is 6.54 Å². The molecular weight excluding hydrogens is 266 g/mol. The van der Waals surface area contributed by atoms with Crippen LogP contribution >= 0.6 is 0 Å². The first-order valence-electron chi connectivity index (χ1n) is 7.67. The number of aromatic nitrogens is 2. The minimum atomic E-state index is 0.0495. The lowest BCUT2D eigenvalue weighted by molar-refractivity contribution is -0.120. The van der Waals surface area contributed by atoms with Crippen molar-refractivity contribution in [2.24, 2.45) is 0 Å². The van der Waals surface area contributed by atoms with Gasteiger partial charge in [-0.25, -0.2) is 9.97 Å². The van der Waals surface area contributed by atoms with Crippen LogP contribution < -0.4 is 15.5 Å². The molecule has 0 saturated carbocycles. The molecule has 1 saturated heterocycles.